The van der Waals surface area contributed by atoms with Gasteiger partial charge in [0.1, 0.15) is 0 Å². The van der Waals surface area contributed by atoms with Gasteiger partial charge in [0.25, 0.3) is 0 Å². The molecule has 5 heteroatoms. The van der Waals surface area contributed by atoms with Gasteiger partial charge in [0.2, 0.25) is 0 Å². The number of rotatable bonds is 2. The Morgan fingerprint density at radius 2 is 1.71 bits per heavy atom. The Morgan fingerprint density at radius 1 is 1.18 bits per heavy atom. The lowest BCUT2D eigenvalue weighted by Crippen LogP contribution is -3.00. The number of amides is 1. The topological polar surface area (TPSA) is 29.5 Å². The van der Waals surface area contributed by atoms with Gasteiger partial charge in [0, 0.05) is 20.2 Å². The van der Waals surface area contributed by atoms with Crippen LogP contribution in [0.1, 0.15) is 0 Å². The third-order valence-electron chi connectivity index (χ3n) is 2.15. The van der Waals surface area contributed by atoms with Crippen LogP contribution >= 0.6 is 0 Å². The molecule has 1 aromatic rings. The van der Waals surface area contributed by atoms with Crippen molar-refractivity contribution in [3.8, 4) is 5.75 Å². The Morgan fingerprint density at radius 3 is 2.18 bits per heavy atom. The predicted molar refractivity (Wildman–Crippen MR) is 65.7 cm³/mol. The standard InChI is InChI=1S/C12H19N2O2.BrH/c1-13(2)12(15)16-11-9-7-6-8-10(11)14(3,4)5;/h6-9H,1-5H3;1H/q+1;/p-1. The fourth-order valence-corrected chi connectivity index (χ4v) is 1.28. The van der Waals surface area contributed by atoms with Crippen LogP contribution in [0.25, 0.3) is 0 Å². The van der Waals surface area contributed by atoms with Crippen molar-refractivity contribution in [3.63, 3.8) is 0 Å². The van der Waals surface area contributed by atoms with Gasteiger partial charge in [0.05, 0.1) is 21.1 Å². The zero-order valence-corrected chi connectivity index (χ0v) is 12.5. The van der Waals surface area contributed by atoms with E-state index in [2.05, 4.69) is 0 Å². The molecule has 96 valence electrons. The minimum Gasteiger partial charge on any atom is -1.00 e. The summed E-state index contributed by atoms with van der Waals surface area (Å²) in [4.78, 5) is 12.9. The van der Waals surface area contributed by atoms with E-state index in [1.807, 2.05) is 39.3 Å². The van der Waals surface area contributed by atoms with Crippen LogP contribution in [0.2, 0.25) is 0 Å². The van der Waals surface area contributed by atoms with Crippen LogP contribution in [0.4, 0.5) is 10.5 Å². The molecule has 0 atom stereocenters. The Hall–Kier alpha value is -1.07. The number of hydrogen-bond acceptors (Lipinski definition) is 2. The van der Waals surface area contributed by atoms with Gasteiger partial charge in [-0.1, -0.05) is 12.1 Å². The Kier molecular flexibility index (Phi) is 5.64. The van der Waals surface area contributed by atoms with E-state index in [1.54, 1.807) is 20.2 Å². The SMILES string of the molecule is CN(C)C(=O)Oc1ccccc1[N+](C)(C)C.[Br-]. The Labute approximate surface area is 113 Å². The van der Waals surface area contributed by atoms with Crippen LogP contribution in [0, 0.1) is 0 Å². The molecule has 1 aromatic carbocycles. The molecule has 0 heterocycles. The second kappa shape index (κ2) is 6.02. The fourth-order valence-electron chi connectivity index (χ4n) is 1.28. The first-order valence-electron chi connectivity index (χ1n) is 5.12. The number of nitrogens with zero attached hydrogens (tertiary/aromatic N) is 2. The summed E-state index contributed by atoms with van der Waals surface area (Å²) in [6, 6.07) is 7.56. The molecule has 1 amide bonds. The zero-order chi connectivity index (χ0) is 12.3. The molecule has 1 rings (SSSR count). The normalized spacial score (nSPS) is 10.4. The molecule has 0 fully saturated rings. The molecule has 0 aliphatic rings. The zero-order valence-electron chi connectivity index (χ0n) is 10.9. The molecule has 0 N–H and O–H groups in total. The van der Waals surface area contributed by atoms with Gasteiger partial charge >= 0.3 is 6.09 Å². The van der Waals surface area contributed by atoms with Gasteiger partial charge in [-0.15, -0.1) is 0 Å². The number of carbonyl (C=O) groups excluding carboxylic acids is 1. The van der Waals surface area contributed by atoms with Crippen LogP contribution < -0.4 is 26.2 Å². The molecule has 0 radical (unpaired) electrons. The van der Waals surface area contributed by atoms with Crippen LogP contribution in [-0.4, -0.2) is 46.2 Å². The summed E-state index contributed by atoms with van der Waals surface area (Å²) in [5.41, 5.74) is 0.970. The van der Waals surface area contributed by atoms with E-state index in [0.29, 0.717) is 10.2 Å². The minimum atomic E-state index is -0.360. The molecule has 0 saturated heterocycles. The maximum Gasteiger partial charge on any atom is 0.414 e. The number of halogens is 1. The lowest BCUT2D eigenvalue weighted by molar-refractivity contribution is -0.00000880. The van der Waals surface area contributed by atoms with E-state index in [9.17, 15) is 4.79 Å². The third kappa shape index (κ3) is 4.36. The maximum atomic E-state index is 11.5. The molecule has 0 aliphatic carbocycles. The molecule has 4 nitrogen and oxygen atoms in total. The lowest BCUT2D eigenvalue weighted by atomic mass is 10.2. The van der Waals surface area contributed by atoms with Crippen LogP contribution in [-0.2, 0) is 0 Å². The molecule has 0 bridgehead atoms. The van der Waals surface area contributed by atoms with Crippen molar-refractivity contribution < 1.29 is 26.5 Å². The summed E-state index contributed by atoms with van der Waals surface area (Å²) in [5, 5.41) is 0. The van der Waals surface area contributed by atoms with Crippen molar-refractivity contribution in [2.45, 2.75) is 0 Å². The highest BCUT2D eigenvalue weighted by Crippen LogP contribution is 2.29. The highest BCUT2D eigenvalue weighted by Gasteiger charge is 2.20. The highest BCUT2D eigenvalue weighted by atomic mass is 79.9. The summed E-state index contributed by atoms with van der Waals surface area (Å²) in [6.45, 7) is 0. The number of carbonyl (C=O) groups is 1. The first-order valence-corrected chi connectivity index (χ1v) is 5.12. The number of quaternary nitrogens is 1. The molecule has 0 saturated carbocycles. The largest absolute Gasteiger partial charge is 1.00 e. The van der Waals surface area contributed by atoms with Gasteiger partial charge in [-0.05, 0) is 6.07 Å². The second-order valence-electron chi connectivity index (χ2n) is 4.74. The van der Waals surface area contributed by atoms with Gasteiger partial charge in [-0.25, -0.2) is 4.79 Å². The Bertz CT molecular complexity index is 386. The van der Waals surface area contributed by atoms with Crippen molar-refractivity contribution in [2.75, 3.05) is 35.2 Å². The predicted octanol–water partition coefficient (Wildman–Crippen LogP) is -1.05. The van der Waals surface area contributed by atoms with Crippen molar-refractivity contribution >= 4 is 11.8 Å². The van der Waals surface area contributed by atoms with E-state index < -0.39 is 0 Å². The summed E-state index contributed by atoms with van der Waals surface area (Å²) in [6.07, 6.45) is -0.360. The highest BCUT2D eigenvalue weighted by molar-refractivity contribution is 5.72. The minimum absolute atomic E-state index is 0. The van der Waals surface area contributed by atoms with Crippen LogP contribution in [0.15, 0.2) is 24.3 Å². The van der Waals surface area contributed by atoms with Gasteiger partial charge < -0.3 is 26.6 Å². The third-order valence-corrected chi connectivity index (χ3v) is 2.15. The van der Waals surface area contributed by atoms with Gasteiger partial charge in [0.15, 0.2) is 11.4 Å². The molecule has 0 aromatic heterocycles. The lowest BCUT2D eigenvalue weighted by Gasteiger charge is -2.25. The molecule has 0 unspecified atom stereocenters. The van der Waals surface area contributed by atoms with E-state index in [0.717, 1.165) is 5.69 Å². The van der Waals surface area contributed by atoms with Gasteiger partial charge in [-0.3, -0.25) is 4.48 Å². The average molecular weight is 303 g/mol. The summed E-state index contributed by atoms with van der Waals surface area (Å²) >= 11 is 0. The molecular formula is C12H19BrN2O2. The average Bonchev–Trinajstić information content (AvgIpc) is 2.16. The van der Waals surface area contributed by atoms with Crippen molar-refractivity contribution in [2.24, 2.45) is 0 Å². The van der Waals surface area contributed by atoms with Gasteiger partial charge in [-0.2, -0.15) is 0 Å². The van der Waals surface area contributed by atoms with E-state index >= 15 is 0 Å². The van der Waals surface area contributed by atoms with E-state index in [1.165, 1.54) is 4.90 Å². The first-order chi connectivity index (χ1) is 7.32. The number of hydrogen-bond donors (Lipinski definition) is 0. The molecule has 0 aliphatic heterocycles. The Balaban J connectivity index is 0.00000256. The second-order valence-corrected chi connectivity index (χ2v) is 4.74. The van der Waals surface area contributed by atoms with E-state index in [4.69, 9.17) is 4.74 Å². The van der Waals surface area contributed by atoms with Crippen molar-refractivity contribution in [3.05, 3.63) is 24.3 Å². The van der Waals surface area contributed by atoms with Crippen molar-refractivity contribution in [1.29, 1.82) is 0 Å². The molecule has 0 spiro atoms. The number of ether oxygens (including phenoxy) is 1. The summed E-state index contributed by atoms with van der Waals surface area (Å²) < 4.78 is 5.91. The summed E-state index contributed by atoms with van der Waals surface area (Å²) in [7, 11) is 9.42. The fraction of sp³-hybridized carbons (Fsp3) is 0.417. The van der Waals surface area contributed by atoms with Crippen LogP contribution in [0.5, 0.6) is 5.75 Å². The first kappa shape index (κ1) is 15.9. The number of benzene rings is 1. The van der Waals surface area contributed by atoms with Crippen molar-refractivity contribution in [1.82, 2.24) is 9.38 Å². The summed E-state index contributed by atoms with van der Waals surface area (Å²) in [5.74, 6) is 0.605. The maximum absolute atomic E-state index is 11.5. The number of para-hydroxylation sites is 2. The molecular weight excluding hydrogens is 284 g/mol. The molecule has 17 heavy (non-hydrogen) atoms. The smallest absolute Gasteiger partial charge is 0.414 e. The monoisotopic (exact) mass is 302 g/mol. The quantitative estimate of drug-likeness (QED) is 0.653. The van der Waals surface area contributed by atoms with Crippen LogP contribution in [0.3, 0.4) is 0 Å². The van der Waals surface area contributed by atoms with E-state index in [-0.39, 0.29) is 23.1 Å².